The summed E-state index contributed by atoms with van der Waals surface area (Å²) in [5, 5.41) is 17.8. The minimum absolute atomic E-state index is 0.232. The number of nitro groups is 1. The average molecular weight is 490 g/mol. The van der Waals surface area contributed by atoms with E-state index in [1.807, 2.05) is 0 Å². The maximum Gasteiger partial charge on any atom is 0.274 e. The van der Waals surface area contributed by atoms with Gasteiger partial charge in [-0.15, -0.1) is 0 Å². The van der Waals surface area contributed by atoms with Gasteiger partial charge in [0, 0.05) is 30.4 Å². The summed E-state index contributed by atoms with van der Waals surface area (Å²) in [6.07, 6.45) is 4.14. The van der Waals surface area contributed by atoms with Crippen molar-refractivity contribution in [3.05, 3.63) is 80.2 Å². The van der Waals surface area contributed by atoms with Crippen LogP contribution >= 0.6 is 35.0 Å². The molecule has 0 bridgehead atoms. The molecule has 30 heavy (non-hydrogen) atoms. The Balaban J connectivity index is 1.70. The third-order valence-electron chi connectivity index (χ3n) is 3.65. The molecule has 0 aliphatic heterocycles. The van der Waals surface area contributed by atoms with Gasteiger partial charge < -0.3 is 15.2 Å². The van der Waals surface area contributed by atoms with Gasteiger partial charge in [0.05, 0.1) is 27.2 Å². The second kappa shape index (κ2) is 13.6. The van der Waals surface area contributed by atoms with Crippen LogP contribution < -0.4 is 10.6 Å². The zero-order chi connectivity index (χ0) is 21.8. The highest BCUT2D eigenvalue weighted by Gasteiger charge is 2.12. The highest BCUT2D eigenvalue weighted by molar-refractivity contribution is 7.98. The van der Waals surface area contributed by atoms with Crippen molar-refractivity contribution in [3.8, 4) is 0 Å². The normalized spacial score (nSPS) is 12.4. The summed E-state index contributed by atoms with van der Waals surface area (Å²) in [4.78, 5) is 18.6. The first-order valence-corrected chi connectivity index (χ1v) is 12.3. The SMILES string of the molecule is O=[N+]([O-])/C=C(/NCCSCc1ncccc1Cl)NCC[S+]([O-])Cc1ncccc1Cl. The van der Waals surface area contributed by atoms with Crippen LogP contribution in [0.3, 0.4) is 0 Å². The fourth-order valence-electron chi connectivity index (χ4n) is 2.26. The van der Waals surface area contributed by atoms with E-state index in [4.69, 9.17) is 23.2 Å². The second-order valence-corrected chi connectivity index (χ2v) is 9.38. The van der Waals surface area contributed by atoms with E-state index < -0.39 is 16.1 Å². The third-order valence-corrected chi connectivity index (χ3v) is 6.56. The van der Waals surface area contributed by atoms with Gasteiger partial charge in [-0.2, -0.15) is 11.8 Å². The van der Waals surface area contributed by atoms with E-state index in [1.54, 1.807) is 48.4 Å². The van der Waals surface area contributed by atoms with Gasteiger partial charge in [-0.25, -0.2) is 0 Å². The summed E-state index contributed by atoms with van der Waals surface area (Å²) in [6.45, 7) is 0.814. The van der Waals surface area contributed by atoms with Crippen LogP contribution in [0.2, 0.25) is 10.0 Å². The Morgan fingerprint density at radius 3 is 2.40 bits per heavy atom. The first kappa shape index (κ1) is 24.5. The lowest BCUT2D eigenvalue weighted by atomic mass is 10.4. The number of pyridine rings is 2. The molecule has 2 N–H and O–H groups in total. The molecule has 2 heterocycles. The van der Waals surface area contributed by atoms with E-state index >= 15 is 0 Å². The average Bonchev–Trinajstić information content (AvgIpc) is 2.70. The van der Waals surface area contributed by atoms with Crippen molar-refractivity contribution in [2.75, 3.05) is 24.6 Å². The van der Waals surface area contributed by atoms with Gasteiger partial charge in [-0.1, -0.05) is 23.2 Å². The molecule has 1 atom stereocenters. The van der Waals surface area contributed by atoms with Crippen molar-refractivity contribution in [3.63, 3.8) is 0 Å². The quantitative estimate of drug-likeness (QED) is 0.190. The summed E-state index contributed by atoms with van der Waals surface area (Å²) < 4.78 is 12.2. The van der Waals surface area contributed by atoms with Crippen LogP contribution in [0, 0.1) is 10.1 Å². The number of nitrogens with zero attached hydrogens (tertiary/aromatic N) is 3. The molecule has 12 heteroatoms. The molecule has 0 saturated carbocycles. The van der Waals surface area contributed by atoms with E-state index in [9.17, 15) is 14.7 Å². The molecule has 162 valence electrons. The van der Waals surface area contributed by atoms with Crippen LogP contribution in [0.25, 0.3) is 0 Å². The van der Waals surface area contributed by atoms with Gasteiger partial charge in [0.15, 0.2) is 5.82 Å². The largest absolute Gasteiger partial charge is 0.616 e. The van der Waals surface area contributed by atoms with Crippen molar-refractivity contribution in [1.29, 1.82) is 0 Å². The lowest BCUT2D eigenvalue weighted by Crippen LogP contribution is -2.32. The smallest absolute Gasteiger partial charge is 0.274 e. The standard InChI is InChI=1S/C18H21Cl2N5O3S2/c19-14-3-1-5-21-16(14)12-29-9-7-23-18(11-25(26)27)24-8-10-30(28)13-17-15(20)4-2-6-22-17/h1-6,11,23-24H,7-10,12-13H2/b18-11-. The van der Waals surface area contributed by atoms with E-state index in [2.05, 4.69) is 20.6 Å². The molecular weight excluding hydrogens is 469 g/mol. The van der Waals surface area contributed by atoms with Crippen LogP contribution in [0.4, 0.5) is 0 Å². The first-order chi connectivity index (χ1) is 14.5. The number of thioether (sulfide) groups is 1. The third kappa shape index (κ3) is 9.40. The number of rotatable bonds is 13. The van der Waals surface area contributed by atoms with Gasteiger partial charge in [0.1, 0.15) is 17.2 Å². The first-order valence-electron chi connectivity index (χ1n) is 8.90. The van der Waals surface area contributed by atoms with Gasteiger partial charge in [0.2, 0.25) is 0 Å². The Hall–Kier alpha value is -1.72. The molecule has 8 nitrogen and oxygen atoms in total. The Kier molecular flexibility index (Phi) is 11.1. The fourth-order valence-corrected chi connectivity index (χ4v) is 4.62. The van der Waals surface area contributed by atoms with E-state index in [1.165, 1.54) is 0 Å². The maximum atomic E-state index is 12.2. The topological polar surface area (TPSA) is 116 Å². The van der Waals surface area contributed by atoms with Crippen LogP contribution in [-0.2, 0) is 22.7 Å². The Bertz CT molecular complexity index is 860. The van der Waals surface area contributed by atoms with Gasteiger partial charge in [-0.05, 0) is 35.4 Å². The van der Waals surface area contributed by atoms with E-state index in [0.29, 0.717) is 46.1 Å². The maximum absolute atomic E-state index is 12.2. The molecule has 0 saturated heterocycles. The number of hydrogen-bond acceptors (Lipinski definition) is 8. The molecule has 2 rings (SSSR count). The summed E-state index contributed by atoms with van der Waals surface area (Å²) in [7, 11) is 0. The monoisotopic (exact) mass is 489 g/mol. The summed E-state index contributed by atoms with van der Waals surface area (Å²) >= 11 is 12.5. The van der Waals surface area contributed by atoms with Crippen LogP contribution in [0.5, 0.6) is 0 Å². The molecule has 0 radical (unpaired) electrons. The van der Waals surface area contributed by atoms with Crippen LogP contribution in [0.15, 0.2) is 48.7 Å². The van der Waals surface area contributed by atoms with Gasteiger partial charge in [0.25, 0.3) is 6.20 Å². The lowest BCUT2D eigenvalue weighted by molar-refractivity contribution is -0.404. The number of hydrogen-bond donors (Lipinski definition) is 2. The highest BCUT2D eigenvalue weighted by Crippen LogP contribution is 2.18. The zero-order valence-electron chi connectivity index (χ0n) is 15.9. The second-order valence-electron chi connectivity index (χ2n) is 5.89. The molecule has 0 aliphatic carbocycles. The lowest BCUT2D eigenvalue weighted by Gasteiger charge is -2.14. The van der Waals surface area contributed by atoms with Gasteiger partial charge in [-0.3, -0.25) is 20.1 Å². The Morgan fingerprint density at radius 1 is 1.13 bits per heavy atom. The molecule has 0 aromatic carbocycles. The van der Waals surface area contributed by atoms with Crippen molar-refractivity contribution in [2.45, 2.75) is 11.5 Å². The molecule has 2 aromatic rings. The minimum Gasteiger partial charge on any atom is -0.616 e. The molecule has 0 spiro atoms. The Labute approximate surface area is 192 Å². The molecule has 2 aromatic heterocycles. The molecular formula is C18H21Cl2N5O3S2. The molecule has 0 fully saturated rings. The predicted octanol–water partition coefficient (Wildman–Crippen LogP) is 3.22. The zero-order valence-corrected chi connectivity index (χ0v) is 19.1. The van der Waals surface area contributed by atoms with E-state index in [0.717, 1.165) is 11.9 Å². The highest BCUT2D eigenvalue weighted by atomic mass is 35.5. The number of halogens is 2. The number of nitrogens with one attached hydrogen (secondary N) is 2. The summed E-state index contributed by atoms with van der Waals surface area (Å²) in [5.74, 6) is 2.16. The molecule has 0 amide bonds. The van der Waals surface area contributed by atoms with Crippen molar-refractivity contribution in [2.24, 2.45) is 0 Å². The molecule has 0 aliphatic rings. The van der Waals surface area contributed by atoms with Crippen molar-refractivity contribution >= 4 is 46.1 Å². The summed E-state index contributed by atoms with van der Waals surface area (Å²) in [6, 6.07) is 6.97. The van der Waals surface area contributed by atoms with Crippen LogP contribution in [0.1, 0.15) is 11.4 Å². The van der Waals surface area contributed by atoms with Gasteiger partial charge >= 0.3 is 0 Å². The molecule has 1 unspecified atom stereocenters. The van der Waals surface area contributed by atoms with Crippen LogP contribution in [-0.4, -0.2) is 44.0 Å². The predicted molar refractivity (Wildman–Crippen MR) is 122 cm³/mol. The fraction of sp³-hybridized carbons (Fsp3) is 0.333. The van der Waals surface area contributed by atoms with Crippen molar-refractivity contribution < 1.29 is 9.48 Å². The summed E-state index contributed by atoms with van der Waals surface area (Å²) in [5.41, 5.74) is 1.38. The minimum atomic E-state index is -1.20. The number of aromatic nitrogens is 2. The van der Waals surface area contributed by atoms with Crippen molar-refractivity contribution in [1.82, 2.24) is 20.6 Å². The Morgan fingerprint density at radius 2 is 1.77 bits per heavy atom. The van der Waals surface area contributed by atoms with E-state index in [-0.39, 0.29) is 11.6 Å².